The molecule has 1 aliphatic heterocycles. The second-order valence-corrected chi connectivity index (χ2v) is 7.96. The maximum absolute atomic E-state index is 12.8. The summed E-state index contributed by atoms with van der Waals surface area (Å²) in [6.45, 7) is 6.18. The number of hydrogen-bond acceptors (Lipinski definition) is 6. The lowest BCUT2D eigenvalue weighted by Crippen LogP contribution is -2.57. The lowest BCUT2D eigenvalue weighted by atomic mass is 9.93. The predicted octanol–water partition coefficient (Wildman–Crippen LogP) is -0.256. The van der Waals surface area contributed by atoms with Gasteiger partial charge in [0.2, 0.25) is 11.8 Å². The van der Waals surface area contributed by atoms with Crippen LogP contribution in [0.15, 0.2) is 0 Å². The van der Waals surface area contributed by atoms with E-state index in [0.717, 1.165) is 12.8 Å². The molecule has 2 amide bonds. The van der Waals surface area contributed by atoms with Crippen LogP contribution in [-0.4, -0.2) is 61.6 Å². The fraction of sp³-hybridized carbons (Fsp3) is 0.833. The van der Waals surface area contributed by atoms with Crippen molar-refractivity contribution >= 4 is 17.6 Å². The van der Waals surface area contributed by atoms with Gasteiger partial charge >= 0.3 is 0 Å². The van der Waals surface area contributed by atoms with Crippen molar-refractivity contribution in [3.63, 3.8) is 0 Å². The van der Waals surface area contributed by atoms with Gasteiger partial charge in [0.05, 0.1) is 19.3 Å². The standard InChI is InChI=1S/C18H31N3O5/c1-10(2)7-13(15(22)18(3)9-26-18)20-17(24)14(11-5-6-11)21-16(23)12(19)8-25-4/h10-14H,5-9,19H2,1-4H3,(H,20,24)(H,21,23)/t12-,13-,14-,18+/m0/s1. The van der Waals surface area contributed by atoms with Gasteiger partial charge in [0, 0.05) is 7.11 Å². The molecular weight excluding hydrogens is 338 g/mol. The average molecular weight is 369 g/mol. The largest absolute Gasteiger partial charge is 0.383 e. The van der Waals surface area contributed by atoms with Crippen molar-refractivity contribution in [2.24, 2.45) is 17.6 Å². The molecule has 4 atom stereocenters. The van der Waals surface area contributed by atoms with Crippen LogP contribution in [0.4, 0.5) is 0 Å². The summed E-state index contributed by atoms with van der Waals surface area (Å²) in [5.41, 5.74) is 4.94. The molecule has 1 aliphatic carbocycles. The number of methoxy groups -OCH3 is 1. The molecular formula is C18H31N3O5. The topological polar surface area (TPSA) is 123 Å². The van der Waals surface area contributed by atoms with Gasteiger partial charge in [-0.1, -0.05) is 13.8 Å². The average Bonchev–Trinajstić information content (AvgIpc) is 3.47. The number of Topliss-reactive ketones (excluding diaryl/α,β-unsaturated/α-hetero) is 1. The van der Waals surface area contributed by atoms with Crippen LogP contribution in [0.1, 0.15) is 40.0 Å². The van der Waals surface area contributed by atoms with Gasteiger partial charge in [0.25, 0.3) is 0 Å². The Morgan fingerprint density at radius 1 is 1.23 bits per heavy atom. The molecule has 0 unspecified atom stereocenters. The zero-order valence-electron chi connectivity index (χ0n) is 16.0. The van der Waals surface area contributed by atoms with E-state index in [0.29, 0.717) is 13.0 Å². The van der Waals surface area contributed by atoms with E-state index in [9.17, 15) is 14.4 Å². The maximum atomic E-state index is 12.8. The first-order chi connectivity index (χ1) is 12.2. The summed E-state index contributed by atoms with van der Waals surface area (Å²) in [7, 11) is 1.46. The lowest BCUT2D eigenvalue weighted by molar-refractivity contribution is -0.134. The zero-order chi connectivity index (χ0) is 19.5. The first-order valence-electron chi connectivity index (χ1n) is 9.21. The Bertz CT molecular complexity index is 543. The van der Waals surface area contributed by atoms with Crippen LogP contribution in [0.2, 0.25) is 0 Å². The van der Waals surface area contributed by atoms with Crippen LogP contribution in [0.25, 0.3) is 0 Å². The molecule has 8 nitrogen and oxygen atoms in total. The highest BCUT2D eigenvalue weighted by Gasteiger charge is 2.50. The number of rotatable bonds is 11. The second-order valence-electron chi connectivity index (χ2n) is 7.96. The quantitative estimate of drug-likeness (QED) is 0.431. The van der Waals surface area contributed by atoms with E-state index in [1.54, 1.807) is 6.92 Å². The van der Waals surface area contributed by atoms with Crippen LogP contribution in [0.3, 0.4) is 0 Å². The molecule has 0 aromatic carbocycles. The third kappa shape index (κ3) is 5.49. The molecule has 148 valence electrons. The van der Waals surface area contributed by atoms with Crippen molar-refractivity contribution in [1.29, 1.82) is 0 Å². The zero-order valence-corrected chi connectivity index (χ0v) is 16.0. The predicted molar refractivity (Wildman–Crippen MR) is 95.3 cm³/mol. The Hall–Kier alpha value is -1.51. The van der Waals surface area contributed by atoms with E-state index < -0.39 is 29.6 Å². The van der Waals surface area contributed by atoms with Crippen molar-refractivity contribution in [2.75, 3.05) is 20.3 Å². The Morgan fingerprint density at radius 2 is 1.85 bits per heavy atom. The molecule has 0 spiro atoms. The summed E-state index contributed by atoms with van der Waals surface area (Å²) in [6.07, 6.45) is 2.25. The van der Waals surface area contributed by atoms with E-state index in [1.165, 1.54) is 7.11 Å². The van der Waals surface area contributed by atoms with Crippen molar-refractivity contribution in [3.05, 3.63) is 0 Å². The van der Waals surface area contributed by atoms with Crippen LogP contribution in [0, 0.1) is 11.8 Å². The minimum atomic E-state index is -0.832. The Kier molecular flexibility index (Phi) is 6.76. The molecule has 1 saturated carbocycles. The van der Waals surface area contributed by atoms with Crippen LogP contribution in [-0.2, 0) is 23.9 Å². The van der Waals surface area contributed by atoms with E-state index >= 15 is 0 Å². The Morgan fingerprint density at radius 3 is 2.31 bits per heavy atom. The van der Waals surface area contributed by atoms with Gasteiger partial charge in [-0.15, -0.1) is 0 Å². The smallest absolute Gasteiger partial charge is 0.243 e. The monoisotopic (exact) mass is 369 g/mol. The summed E-state index contributed by atoms with van der Waals surface area (Å²) in [5, 5.41) is 5.55. The minimum absolute atomic E-state index is 0.0784. The number of ether oxygens (including phenoxy) is 2. The fourth-order valence-electron chi connectivity index (χ4n) is 2.93. The van der Waals surface area contributed by atoms with Gasteiger partial charge in [-0.05, 0) is 38.0 Å². The number of nitrogens with one attached hydrogen (secondary N) is 2. The normalized spacial score (nSPS) is 25.3. The molecule has 2 rings (SSSR count). The number of nitrogens with two attached hydrogens (primary N) is 1. The van der Waals surface area contributed by atoms with Crippen LogP contribution >= 0.6 is 0 Å². The van der Waals surface area contributed by atoms with E-state index in [-0.39, 0.29) is 30.1 Å². The summed E-state index contributed by atoms with van der Waals surface area (Å²) in [6, 6.07) is -2.14. The van der Waals surface area contributed by atoms with E-state index in [1.807, 2.05) is 13.8 Å². The van der Waals surface area contributed by atoms with Gasteiger partial charge in [-0.3, -0.25) is 14.4 Å². The first-order valence-corrected chi connectivity index (χ1v) is 9.21. The minimum Gasteiger partial charge on any atom is -0.383 e. The summed E-state index contributed by atoms with van der Waals surface area (Å²) in [4.78, 5) is 37.6. The highest BCUT2D eigenvalue weighted by atomic mass is 16.6. The maximum Gasteiger partial charge on any atom is 0.243 e. The van der Waals surface area contributed by atoms with Gasteiger partial charge in [-0.25, -0.2) is 0 Å². The summed E-state index contributed by atoms with van der Waals surface area (Å²) in [5.74, 6) is -0.569. The lowest BCUT2D eigenvalue weighted by Gasteiger charge is -2.25. The van der Waals surface area contributed by atoms with E-state index in [2.05, 4.69) is 10.6 Å². The molecule has 8 heteroatoms. The number of amides is 2. The van der Waals surface area contributed by atoms with Crippen molar-refractivity contribution < 1.29 is 23.9 Å². The summed E-state index contributed by atoms with van der Waals surface area (Å²) < 4.78 is 10.1. The number of epoxide rings is 1. The van der Waals surface area contributed by atoms with Gasteiger partial charge < -0.3 is 25.8 Å². The number of ketones is 1. The number of carbonyl (C=O) groups excluding carboxylic acids is 3. The van der Waals surface area contributed by atoms with Crippen LogP contribution in [0.5, 0.6) is 0 Å². The molecule has 2 aliphatic rings. The SMILES string of the molecule is COC[C@H](N)C(=O)N[C@H](C(=O)N[C@@H](CC(C)C)C(=O)[C@@]1(C)CO1)C1CC1. The van der Waals surface area contributed by atoms with Gasteiger partial charge in [0.15, 0.2) is 5.78 Å². The molecule has 0 bridgehead atoms. The molecule has 1 heterocycles. The van der Waals surface area contributed by atoms with Crippen molar-refractivity contribution in [3.8, 4) is 0 Å². The first kappa shape index (κ1) is 20.8. The number of carbonyl (C=O) groups is 3. The second kappa shape index (κ2) is 8.45. The Labute approximate surface area is 154 Å². The highest BCUT2D eigenvalue weighted by molar-refractivity contribution is 5.98. The molecule has 0 radical (unpaired) electrons. The third-order valence-corrected chi connectivity index (χ3v) is 4.80. The molecule has 0 aromatic heterocycles. The Balaban J connectivity index is 2.02. The van der Waals surface area contributed by atoms with E-state index in [4.69, 9.17) is 15.2 Å². The van der Waals surface area contributed by atoms with Gasteiger partial charge in [0.1, 0.15) is 17.7 Å². The number of hydrogen-bond donors (Lipinski definition) is 3. The molecule has 1 saturated heterocycles. The van der Waals surface area contributed by atoms with Gasteiger partial charge in [-0.2, -0.15) is 0 Å². The van der Waals surface area contributed by atoms with Crippen molar-refractivity contribution in [1.82, 2.24) is 10.6 Å². The fourth-order valence-corrected chi connectivity index (χ4v) is 2.93. The summed E-state index contributed by atoms with van der Waals surface area (Å²) >= 11 is 0. The molecule has 2 fully saturated rings. The molecule has 4 N–H and O–H groups in total. The highest BCUT2D eigenvalue weighted by Crippen LogP contribution is 2.33. The van der Waals surface area contributed by atoms with Crippen molar-refractivity contribution in [2.45, 2.75) is 63.8 Å². The third-order valence-electron chi connectivity index (χ3n) is 4.80. The molecule has 0 aromatic rings. The van der Waals surface area contributed by atoms with Crippen LogP contribution < -0.4 is 16.4 Å². The molecule has 26 heavy (non-hydrogen) atoms.